The Morgan fingerprint density at radius 1 is 1.04 bits per heavy atom. The topological polar surface area (TPSA) is 57.6 Å². The van der Waals surface area contributed by atoms with Crippen molar-refractivity contribution < 1.29 is 27.9 Å². The van der Waals surface area contributed by atoms with Gasteiger partial charge >= 0.3 is 12.1 Å². The third-order valence-corrected chi connectivity index (χ3v) is 4.99. The first-order chi connectivity index (χ1) is 12.7. The number of carboxylic acid groups (broad SMARTS) is 1. The molecule has 0 aromatic heterocycles. The highest BCUT2D eigenvalue weighted by atomic mass is 19.4. The Bertz CT molecular complexity index is 851. The molecular formula is C20H18F3NO3. The standard InChI is InChI=1S/C20H18F3NO3/c21-20(22,23)19(18(26)27)10-11-24(13-19)17(25)16-9-5-4-8-15(16)12-14-6-2-1-3-7-14/h1-9H,10-13H2,(H,26,27). The summed E-state index contributed by atoms with van der Waals surface area (Å²) >= 11 is 0. The van der Waals surface area contributed by atoms with Gasteiger partial charge in [0.25, 0.3) is 5.91 Å². The van der Waals surface area contributed by atoms with Crippen LogP contribution in [0.5, 0.6) is 0 Å². The SMILES string of the molecule is O=C(c1ccccc1Cc1ccccc1)N1CCC(C(=O)O)(C(F)(F)F)C1. The molecule has 1 amide bonds. The third kappa shape index (κ3) is 3.54. The molecule has 4 nitrogen and oxygen atoms in total. The summed E-state index contributed by atoms with van der Waals surface area (Å²) in [6, 6.07) is 16.1. The highest BCUT2D eigenvalue weighted by Crippen LogP contribution is 2.46. The number of hydrogen-bond acceptors (Lipinski definition) is 2. The molecule has 1 heterocycles. The minimum Gasteiger partial charge on any atom is -0.481 e. The second kappa shape index (κ2) is 7.06. The number of carbonyl (C=O) groups is 2. The molecule has 0 bridgehead atoms. The Balaban J connectivity index is 1.86. The van der Waals surface area contributed by atoms with E-state index < -0.39 is 36.4 Å². The molecule has 1 N–H and O–H groups in total. The summed E-state index contributed by atoms with van der Waals surface area (Å²) in [5.41, 5.74) is -0.954. The Labute approximate surface area is 154 Å². The van der Waals surface area contributed by atoms with Crippen LogP contribution in [-0.2, 0) is 11.2 Å². The van der Waals surface area contributed by atoms with Crippen molar-refractivity contribution >= 4 is 11.9 Å². The molecule has 1 saturated heterocycles. The molecule has 1 atom stereocenters. The maximum absolute atomic E-state index is 13.4. The van der Waals surface area contributed by atoms with E-state index in [1.807, 2.05) is 30.3 Å². The smallest absolute Gasteiger partial charge is 0.406 e. The number of amides is 1. The van der Waals surface area contributed by atoms with Gasteiger partial charge in [-0.15, -0.1) is 0 Å². The van der Waals surface area contributed by atoms with E-state index in [1.165, 1.54) is 0 Å². The van der Waals surface area contributed by atoms with Gasteiger partial charge < -0.3 is 10.0 Å². The number of benzene rings is 2. The van der Waals surface area contributed by atoms with Gasteiger partial charge in [-0.25, -0.2) is 0 Å². The summed E-state index contributed by atoms with van der Waals surface area (Å²) in [5.74, 6) is -2.52. The second-order valence-electron chi connectivity index (χ2n) is 6.68. The molecule has 0 saturated carbocycles. The van der Waals surface area contributed by atoms with Crippen LogP contribution in [0.15, 0.2) is 54.6 Å². The van der Waals surface area contributed by atoms with Gasteiger partial charge in [0.05, 0.1) is 0 Å². The van der Waals surface area contributed by atoms with E-state index in [0.29, 0.717) is 17.5 Å². The molecule has 0 radical (unpaired) electrons. The second-order valence-corrected chi connectivity index (χ2v) is 6.68. The zero-order valence-corrected chi connectivity index (χ0v) is 14.4. The maximum atomic E-state index is 13.4. The van der Waals surface area contributed by atoms with E-state index in [0.717, 1.165) is 10.5 Å². The first-order valence-electron chi connectivity index (χ1n) is 8.46. The molecule has 3 rings (SSSR count). The Kier molecular flexibility index (Phi) is 4.95. The van der Waals surface area contributed by atoms with Crippen LogP contribution in [0, 0.1) is 5.41 Å². The fourth-order valence-corrected chi connectivity index (χ4v) is 3.38. The van der Waals surface area contributed by atoms with Crippen LogP contribution in [0.3, 0.4) is 0 Å². The van der Waals surface area contributed by atoms with E-state index >= 15 is 0 Å². The summed E-state index contributed by atoms with van der Waals surface area (Å²) in [6.07, 6.45) is -5.10. The predicted molar refractivity (Wildman–Crippen MR) is 92.3 cm³/mol. The summed E-state index contributed by atoms with van der Waals surface area (Å²) in [5, 5.41) is 9.16. The van der Waals surface area contributed by atoms with Crippen molar-refractivity contribution in [2.45, 2.75) is 19.0 Å². The molecule has 1 aliphatic rings. The van der Waals surface area contributed by atoms with Crippen molar-refractivity contribution in [3.63, 3.8) is 0 Å². The van der Waals surface area contributed by atoms with Gasteiger partial charge in [-0.3, -0.25) is 9.59 Å². The highest BCUT2D eigenvalue weighted by molar-refractivity contribution is 5.96. The lowest BCUT2D eigenvalue weighted by Crippen LogP contribution is -2.47. The quantitative estimate of drug-likeness (QED) is 0.883. The van der Waals surface area contributed by atoms with E-state index in [9.17, 15) is 22.8 Å². The molecule has 0 spiro atoms. The lowest BCUT2D eigenvalue weighted by Gasteiger charge is -2.27. The third-order valence-electron chi connectivity index (χ3n) is 4.99. The van der Waals surface area contributed by atoms with Crippen molar-refractivity contribution in [2.75, 3.05) is 13.1 Å². The molecule has 2 aromatic rings. The van der Waals surface area contributed by atoms with Crippen molar-refractivity contribution in [2.24, 2.45) is 5.41 Å². The van der Waals surface area contributed by atoms with Gasteiger partial charge in [0.2, 0.25) is 0 Å². The number of carbonyl (C=O) groups excluding carboxylic acids is 1. The van der Waals surface area contributed by atoms with Crippen LogP contribution in [0.25, 0.3) is 0 Å². The van der Waals surface area contributed by atoms with Gasteiger partial charge in [-0.1, -0.05) is 48.5 Å². The fourth-order valence-electron chi connectivity index (χ4n) is 3.38. The first-order valence-corrected chi connectivity index (χ1v) is 8.46. The average Bonchev–Trinajstić information content (AvgIpc) is 3.09. The minimum absolute atomic E-state index is 0.246. The van der Waals surface area contributed by atoms with Gasteiger partial charge in [-0.2, -0.15) is 13.2 Å². The molecule has 2 aromatic carbocycles. The minimum atomic E-state index is -4.92. The van der Waals surface area contributed by atoms with E-state index in [1.54, 1.807) is 24.3 Å². The number of nitrogens with zero attached hydrogens (tertiary/aromatic N) is 1. The Morgan fingerprint density at radius 3 is 2.26 bits per heavy atom. The number of alkyl halides is 3. The largest absolute Gasteiger partial charge is 0.481 e. The Morgan fingerprint density at radius 2 is 1.67 bits per heavy atom. The van der Waals surface area contributed by atoms with Crippen molar-refractivity contribution in [1.29, 1.82) is 0 Å². The number of carboxylic acids is 1. The first kappa shape index (κ1) is 18.9. The molecule has 142 valence electrons. The predicted octanol–water partition coefficient (Wildman–Crippen LogP) is 3.76. The normalized spacial score (nSPS) is 19.9. The average molecular weight is 377 g/mol. The van der Waals surface area contributed by atoms with E-state index in [4.69, 9.17) is 5.11 Å². The van der Waals surface area contributed by atoms with Crippen LogP contribution < -0.4 is 0 Å². The number of aliphatic carboxylic acids is 1. The van der Waals surface area contributed by atoms with Crippen LogP contribution >= 0.6 is 0 Å². The molecule has 1 unspecified atom stereocenters. The fraction of sp³-hybridized carbons (Fsp3) is 0.300. The van der Waals surface area contributed by atoms with Gasteiger partial charge in [0.1, 0.15) is 0 Å². The van der Waals surface area contributed by atoms with Gasteiger partial charge in [0, 0.05) is 18.7 Å². The molecule has 1 fully saturated rings. The van der Waals surface area contributed by atoms with Gasteiger partial charge in [-0.05, 0) is 30.0 Å². The zero-order valence-electron chi connectivity index (χ0n) is 14.4. The zero-order chi connectivity index (χ0) is 19.7. The van der Waals surface area contributed by atoms with Crippen LogP contribution in [0.4, 0.5) is 13.2 Å². The van der Waals surface area contributed by atoms with Crippen LogP contribution in [0.1, 0.15) is 27.9 Å². The van der Waals surface area contributed by atoms with E-state index in [2.05, 4.69) is 0 Å². The molecular weight excluding hydrogens is 359 g/mol. The maximum Gasteiger partial charge on any atom is 0.406 e. The molecule has 7 heteroatoms. The monoisotopic (exact) mass is 377 g/mol. The highest BCUT2D eigenvalue weighted by Gasteiger charge is 2.64. The van der Waals surface area contributed by atoms with E-state index in [-0.39, 0.29) is 6.54 Å². The summed E-state index contributed by atoms with van der Waals surface area (Å²) in [6.45, 7) is -1.12. The molecule has 27 heavy (non-hydrogen) atoms. The molecule has 0 aliphatic carbocycles. The van der Waals surface area contributed by atoms with Gasteiger partial charge in [0.15, 0.2) is 5.41 Å². The van der Waals surface area contributed by atoms with Crippen LogP contribution in [-0.4, -0.2) is 41.1 Å². The Hall–Kier alpha value is -2.83. The summed E-state index contributed by atoms with van der Waals surface area (Å²) < 4.78 is 40.1. The van der Waals surface area contributed by atoms with Crippen molar-refractivity contribution in [3.8, 4) is 0 Å². The van der Waals surface area contributed by atoms with Crippen molar-refractivity contribution in [1.82, 2.24) is 4.90 Å². The summed E-state index contributed by atoms with van der Waals surface area (Å²) in [7, 11) is 0. The summed E-state index contributed by atoms with van der Waals surface area (Å²) in [4.78, 5) is 25.2. The lowest BCUT2D eigenvalue weighted by atomic mass is 9.86. The number of likely N-dealkylation sites (tertiary alicyclic amines) is 1. The number of rotatable bonds is 4. The van der Waals surface area contributed by atoms with Crippen LogP contribution in [0.2, 0.25) is 0 Å². The number of hydrogen-bond donors (Lipinski definition) is 1. The number of halogens is 3. The van der Waals surface area contributed by atoms with Crippen molar-refractivity contribution in [3.05, 3.63) is 71.3 Å². The molecule has 1 aliphatic heterocycles. The lowest BCUT2D eigenvalue weighted by molar-refractivity contribution is -0.227.